The summed E-state index contributed by atoms with van der Waals surface area (Å²) in [5, 5.41) is 0. The van der Waals surface area contributed by atoms with Crippen LogP contribution in [0.3, 0.4) is 0 Å². The van der Waals surface area contributed by atoms with E-state index in [4.69, 9.17) is 0 Å². The molecule has 0 aliphatic heterocycles. The van der Waals surface area contributed by atoms with Crippen LogP contribution in [-0.2, 0) is 0 Å². The van der Waals surface area contributed by atoms with Crippen LogP contribution in [0.1, 0.15) is 38.5 Å². The lowest BCUT2D eigenvalue weighted by atomic mass is 9.81. The first kappa shape index (κ1) is 10.9. The molecule has 1 unspecified atom stereocenters. The van der Waals surface area contributed by atoms with Gasteiger partial charge in [-0.05, 0) is 65.4 Å². The molecule has 0 heterocycles. The number of hydrogen-bond acceptors (Lipinski definition) is 3. The summed E-state index contributed by atoms with van der Waals surface area (Å²) in [5.74, 6) is 2.29. The lowest BCUT2D eigenvalue weighted by molar-refractivity contribution is 0.275. The average molecular weight is 255 g/mol. The maximum atomic E-state index is 4.55. The molecule has 2 aliphatic carbocycles. The molecule has 0 radical (unpaired) electrons. The van der Waals surface area contributed by atoms with Gasteiger partial charge in [-0.3, -0.25) is 0 Å². The zero-order chi connectivity index (χ0) is 9.31. The van der Waals surface area contributed by atoms with Gasteiger partial charge in [-0.2, -0.15) is 0 Å². The second kappa shape index (κ2) is 4.50. The first-order chi connectivity index (χ1) is 6.24. The van der Waals surface area contributed by atoms with Crippen LogP contribution in [0.25, 0.3) is 0 Å². The van der Waals surface area contributed by atoms with Crippen molar-refractivity contribution in [2.24, 2.45) is 11.3 Å². The summed E-state index contributed by atoms with van der Waals surface area (Å²) < 4.78 is 0. The smallest absolute Gasteiger partial charge is 0.00458 e. The summed E-state index contributed by atoms with van der Waals surface area (Å²) in [7, 11) is 1.52. The Morgan fingerprint density at radius 3 is 2.31 bits per heavy atom. The first-order valence-corrected chi connectivity index (χ1v) is 10.2. The van der Waals surface area contributed by atoms with E-state index in [9.17, 15) is 0 Å². The molecule has 0 N–H and O–H groups in total. The summed E-state index contributed by atoms with van der Waals surface area (Å²) in [4.78, 5) is 0. The van der Waals surface area contributed by atoms with Gasteiger partial charge >= 0.3 is 0 Å². The van der Waals surface area contributed by atoms with Crippen molar-refractivity contribution in [3.8, 4) is 0 Å². The molecular formula is C9H18S4. The van der Waals surface area contributed by atoms with Crippen molar-refractivity contribution < 1.29 is 0 Å². The highest BCUT2D eigenvalue weighted by atomic mass is 33.7. The van der Waals surface area contributed by atoms with E-state index in [1.165, 1.54) is 44.3 Å². The molecule has 2 saturated carbocycles. The van der Waals surface area contributed by atoms with E-state index in [1.807, 2.05) is 0 Å². The topological polar surface area (TPSA) is 0 Å². The van der Waals surface area contributed by atoms with Crippen LogP contribution >= 0.6 is 42.1 Å². The fourth-order valence-electron chi connectivity index (χ4n) is 2.40. The van der Waals surface area contributed by atoms with E-state index in [0.717, 1.165) is 11.3 Å². The quantitative estimate of drug-likeness (QED) is 0.499. The minimum Gasteiger partial charge on any atom is -0.148 e. The normalized spacial score (nSPS) is 30.5. The SMILES string of the molecule is SS[SH](S)CC1CCC2(CC1)CC2. The Kier molecular flexibility index (Phi) is 3.77. The van der Waals surface area contributed by atoms with Gasteiger partial charge in [0.1, 0.15) is 0 Å². The van der Waals surface area contributed by atoms with Gasteiger partial charge in [0.25, 0.3) is 0 Å². The zero-order valence-electron chi connectivity index (χ0n) is 7.78. The lowest BCUT2D eigenvalue weighted by Crippen LogP contribution is -2.17. The second-order valence-corrected chi connectivity index (χ2v) is 11.3. The van der Waals surface area contributed by atoms with Gasteiger partial charge in [0.2, 0.25) is 0 Å². The molecule has 1 spiro atoms. The highest BCUT2D eigenvalue weighted by Crippen LogP contribution is 2.59. The molecule has 0 aromatic heterocycles. The molecule has 0 aromatic rings. The summed E-state index contributed by atoms with van der Waals surface area (Å²) in [6, 6.07) is 0. The molecule has 2 fully saturated rings. The monoisotopic (exact) mass is 254 g/mol. The van der Waals surface area contributed by atoms with Crippen molar-refractivity contribution in [2.75, 3.05) is 5.75 Å². The Hall–Kier alpha value is 1.40. The van der Waals surface area contributed by atoms with Gasteiger partial charge in [-0.25, -0.2) is 0 Å². The van der Waals surface area contributed by atoms with Gasteiger partial charge < -0.3 is 0 Å². The Labute approximate surface area is 97.4 Å². The summed E-state index contributed by atoms with van der Waals surface area (Å²) in [6.07, 6.45) is 8.99. The van der Waals surface area contributed by atoms with Crippen LogP contribution in [0.4, 0.5) is 0 Å². The number of rotatable bonds is 3. The number of hydrogen-bond donors (Lipinski definition) is 3. The Bertz CT molecular complexity index is 168. The highest BCUT2D eigenvalue weighted by Gasteiger charge is 2.44. The van der Waals surface area contributed by atoms with Crippen molar-refractivity contribution in [1.29, 1.82) is 0 Å². The third-order valence-electron chi connectivity index (χ3n) is 3.63. The molecule has 0 amide bonds. The van der Waals surface area contributed by atoms with E-state index in [2.05, 4.69) is 23.3 Å². The van der Waals surface area contributed by atoms with Crippen LogP contribution in [0.5, 0.6) is 0 Å². The van der Waals surface area contributed by atoms with E-state index in [0.29, 0.717) is 0 Å². The summed E-state index contributed by atoms with van der Waals surface area (Å²) >= 11 is 8.78. The van der Waals surface area contributed by atoms with Crippen LogP contribution in [0.2, 0.25) is 0 Å². The van der Waals surface area contributed by atoms with Crippen molar-refractivity contribution in [3.05, 3.63) is 0 Å². The second-order valence-electron chi connectivity index (χ2n) is 4.56. The van der Waals surface area contributed by atoms with E-state index < -0.39 is 0 Å². The number of thiol groups is 3. The van der Waals surface area contributed by atoms with E-state index in [-0.39, 0.29) is 8.96 Å². The fraction of sp³-hybridized carbons (Fsp3) is 1.00. The van der Waals surface area contributed by atoms with Gasteiger partial charge in [0.15, 0.2) is 0 Å². The molecule has 1 atom stereocenters. The molecular weight excluding hydrogens is 236 g/mol. The van der Waals surface area contributed by atoms with Crippen molar-refractivity contribution in [3.63, 3.8) is 0 Å². The molecule has 13 heavy (non-hydrogen) atoms. The van der Waals surface area contributed by atoms with E-state index >= 15 is 0 Å². The molecule has 0 nitrogen and oxygen atoms in total. The predicted octanol–water partition coefficient (Wildman–Crippen LogP) is 4.30. The maximum Gasteiger partial charge on any atom is -0.00458 e. The zero-order valence-corrected chi connectivity index (χ0v) is 11.3. The van der Waals surface area contributed by atoms with Gasteiger partial charge in [0, 0.05) is 0 Å². The van der Waals surface area contributed by atoms with Crippen molar-refractivity contribution >= 4 is 42.1 Å². The third-order valence-corrected chi connectivity index (χ3v) is 9.82. The average Bonchev–Trinajstić information content (AvgIpc) is 2.90. The molecule has 2 rings (SSSR count). The van der Waals surface area contributed by atoms with Crippen LogP contribution in [-0.4, -0.2) is 5.75 Å². The Morgan fingerprint density at radius 1 is 1.23 bits per heavy atom. The molecule has 78 valence electrons. The van der Waals surface area contributed by atoms with Gasteiger partial charge in [0.05, 0.1) is 0 Å². The van der Waals surface area contributed by atoms with Crippen LogP contribution in [0, 0.1) is 11.3 Å². The molecule has 0 aromatic carbocycles. The van der Waals surface area contributed by atoms with Crippen molar-refractivity contribution in [1.82, 2.24) is 0 Å². The van der Waals surface area contributed by atoms with Gasteiger partial charge in [-0.15, -0.1) is 32.3 Å². The largest absolute Gasteiger partial charge is 0.148 e. The molecule has 0 saturated heterocycles. The minimum atomic E-state index is -0.136. The first-order valence-electron chi connectivity index (χ1n) is 5.02. The standard InChI is InChI=1S/C9H18S4/c10-12-13(11)7-8-1-3-9(4-2-8)5-6-9/h8,10-11,13H,1-7H2. The highest BCUT2D eigenvalue weighted by molar-refractivity contribution is 9.27. The maximum absolute atomic E-state index is 4.55. The van der Waals surface area contributed by atoms with E-state index in [1.54, 1.807) is 9.83 Å². The van der Waals surface area contributed by atoms with Crippen LogP contribution < -0.4 is 0 Å². The third kappa shape index (κ3) is 2.93. The summed E-state index contributed by atoms with van der Waals surface area (Å²) in [6.45, 7) is 0. The fourth-order valence-corrected chi connectivity index (χ4v) is 5.40. The Balaban J connectivity index is 1.71. The molecule has 0 bridgehead atoms. The summed E-state index contributed by atoms with van der Waals surface area (Å²) in [5.41, 5.74) is 0.851. The van der Waals surface area contributed by atoms with Gasteiger partial charge in [-0.1, -0.05) is 0 Å². The molecule has 2 aliphatic rings. The predicted molar refractivity (Wildman–Crippen MR) is 73.0 cm³/mol. The minimum absolute atomic E-state index is 0.136. The lowest BCUT2D eigenvalue weighted by Gasteiger charge is -2.30. The molecule has 4 heteroatoms. The van der Waals surface area contributed by atoms with Crippen LogP contribution in [0.15, 0.2) is 0 Å². The van der Waals surface area contributed by atoms with Crippen molar-refractivity contribution in [2.45, 2.75) is 38.5 Å². The Morgan fingerprint density at radius 2 is 1.85 bits per heavy atom.